The van der Waals surface area contributed by atoms with Crippen molar-refractivity contribution < 1.29 is 0 Å². The van der Waals surface area contributed by atoms with E-state index in [0.29, 0.717) is 0 Å². The fraction of sp³-hybridized carbons (Fsp3) is 0.167. The summed E-state index contributed by atoms with van der Waals surface area (Å²) in [4.78, 5) is 2.52. The van der Waals surface area contributed by atoms with Crippen LogP contribution in [0.25, 0.3) is 0 Å². The Bertz CT molecular complexity index is 447. The highest BCUT2D eigenvalue weighted by molar-refractivity contribution is 14.1. The van der Waals surface area contributed by atoms with E-state index in [9.17, 15) is 0 Å². The zero-order valence-corrected chi connectivity index (χ0v) is 11.9. The van der Waals surface area contributed by atoms with E-state index in [0.717, 1.165) is 0 Å². The molecular weight excluding hydrogens is 339 g/mol. The van der Waals surface area contributed by atoms with Crippen LogP contribution >= 0.6 is 45.5 Å². The maximum atomic E-state index is 6.41. The number of thiophene rings is 1. The molecule has 1 atom stereocenters. The van der Waals surface area contributed by atoms with Crippen LogP contribution in [0, 0.1) is 10.5 Å². The second-order valence-electron chi connectivity index (χ2n) is 3.36. The molecule has 0 saturated carbocycles. The lowest BCUT2D eigenvalue weighted by molar-refractivity contribution is 1.18. The molecule has 3 heteroatoms. The highest BCUT2D eigenvalue weighted by Gasteiger charge is 2.12. The maximum Gasteiger partial charge on any atom is 0.0927 e. The Morgan fingerprint density at radius 3 is 2.33 bits per heavy atom. The zero-order valence-electron chi connectivity index (χ0n) is 8.21. The van der Waals surface area contributed by atoms with Gasteiger partial charge in [-0.1, -0.05) is 12.1 Å². The van der Waals surface area contributed by atoms with Crippen LogP contribution in [0.4, 0.5) is 0 Å². The van der Waals surface area contributed by atoms with Crippen LogP contribution in [-0.2, 0) is 0 Å². The molecule has 2 rings (SSSR count). The summed E-state index contributed by atoms with van der Waals surface area (Å²) in [5, 5.41) is -0.0132. The van der Waals surface area contributed by atoms with Gasteiger partial charge in [-0.3, -0.25) is 0 Å². The summed E-state index contributed by atoms with van der Waals surface area (Å²) in [6.07, 6.45) is 0. The van der Waals surface area contributed by atoms with E-state index < -0.39 is 0 Å². The Balaban J connectivity index is 2.28. The number of hydrogen-bond donors (Lipinski definition) is 0. The summed E-state index contributed by atoms with van der Waals surface area (Å²) in [6, 6.07) is 12.6. The number of hydrogen-bond acceptors (Lipinski definition) is 1. The molecule has 0 radical (unpaired) electrons. The monoisotopic (exact) mass is 348 g/mol. The molecule has 15 heavy (non-hydrogen) atoms. The minimum Gasteiger partial charge on any atom is -0.144 e. The van der Waals surface area contributed by atoms with Crippen molar-refractivity contribution in [3.63, 3.8) is 0 Å². The molecule has 0 nitrogen and oxygen atoms in total. The van der Waals surface area contributed by atoms with Crippen LogP contribution in [-0.4, -0.2) is 0 Å². The molecule has 0 saturated heterocycles. The third-order valence-electron chi connectivity index (χ3n) is 2.17. The highest BCUT2D eigenvalue weighted by atomic mass is 127. The van der Waals surface area contributed by atoms with Gasteiger partial charge >= 0.3 is 0 Å². The summed E-state index contributed by atoms with van der Waals surface area (Å²) >= 11 is 10.5. The summed E-state index contributed by atoms with van der Waals surface area (Å²) in [5.41, 5.74) is 1.17. The van der Waals surface area contributed by atoms with Crippen LogP contribution < -0.4 is 0 Å². The van der Waals surface area contributed by atoms with Gasteiger partial charge in [0, 0.05) is 13.3 Å². The topological polar surface area (TPSA) is 0 Å². The third kappa shape index (κ3) is 2.74. The van der Waals surface area contributed by atoms with Gasteiger partial charge in [0.15, 0.2) is 0 Å². The SMILES string of the molecule is Cc1ccc(C(Cl)c2ccc(I)cc2)s1. The molecule has 1 heterocycles. The standard InChI is InChI=1S/C12H10ClIS/c1-8-2-7-11(15-8)12(13)9-3-5-10(14)6-4-9/h2-7,12H,1H3. The van der Waals surface area contributed by atoms with Gasteiger partial charge < -0.3 is 0 Å². The Hall–Kier alpha value is -0.0600. The van der Waals surface area contributed by atoms with Crippen molar-refractivity contribution in [2.45, 2.75) is 12.3 Å². The Morgan fingerprint density at radius 1 is 1.13 bits per heavy atom. The molecule has 0 aliphatic heterocycles. The molecule has 0 aliphatic carbocycles. The number of rotatable bonds is 2. The summed E-state index contributed by atoms with van der Waals surface area (Å²) in [6.45, 7) is 2.10. The largest absolute Gasteiger partial charge is 0.144 e. The molecule has 0 spiro atoms. The van der Waals surface area contributed by atoms with E-state index >= 15 is 0 Å². The average Bonchev–Trinajstić information content (AvgIpc) is 2.65. The maximum absolute atomic E-state index is 6.41. The predicted octanol–water partition coefficient (Wildman–Crippen LogP) is 4.99. The van der Waals surface area contributed by atoms with E-state index in [-0.39, 0.29) is 5.38 Å². The number of benzene rings is 1. The lowest BCUT2D eigenvalue weighted by Crippen LogP contribution is -1.89. The van der Waals surface area contributed by atoms with Crippen LogP contribution in [0.3, 0.4) is 0 Å². The van der Waals surface area contributed by atoms with Crippen molar-refractivity contribution in [3.8, 4) is 0 Å². The molecule has 2 aromatic rings. The van der Waals surface area contributed by atoms with Gasteiger partial charge in [-0.2, -0.15) is 0 Å². The van der Waals surface area contributed by atoms with Crippen molar-refractivity contribution in [3.05, 3.63) is 55.3 Å². The Morgan fingerprint density at radius 2 is 1.80 bits per heavy atom. The normalized spacial score (nSPS) is 12.7. The second kappa shape index (κ2) is 4.85. The van der Waals surface area contributed by atoms with Gasteiger partial charge in [0.25, 0.3) is 0 Å². The molecule has 0 aliphatic rings. The van der Waals surface area contributed by atoms with Crippen LogP contribution in [0.15, 0.2) is 36.4 Å². The second-order valence-corrected chi connectivity index (χ2v) is 6.36. The number of alkyl halides is 1. The first-order valence-electron chi connectivity index (χ1n) is 4.62. The van der Waals surface area contributed by atoms with Crippen LogP contribution in [0.2, 0.25) is 0 Å². The summed E-state index contributed by atoms with van der Waals surface area (Å²) in [5.74, 6) is 0. The van der Waals surface area contributed by atoms with E-state index in [1.54, 1.807) is 11.3 Å². The van der Waals surface area contributed by atoms with Gasteiger partial charge in [0.05, 0.1) is 5.38 Å². The Kier molecular flexibility index (Phi) is 3.69. The molecule has 0 N–H and O–H groups in total. The fourth-order valence-corrected chi connectivity index (χ4v) is 2.98. The molecule has 1 aromatic carbocycles. The van der Waals surface area contributed by atoms with Crippen molar-refractivity contribution in [2.24, 2.45) is 0 Å². The number of halogens is 2. The Labute approximate surface area is 112 Å². The smallest absolute Gasteiger partial charge is 0.0927 e. The van der Waals surface area contributed by atoms with E-state index in [1.165, 1.54) is 18.9 Å². The molecule has 0 amide bonds. The van der Waals surface area contributed by atoms with Crippen molar-refractivity contribution in [2.75, 3.05) is 0 Å². The number of aryl methyl sites for hydroxylation is 1. The lowest BCUT2D eigenvalue weighted by Gasteiger charge is -2.07. The molecule has 0 bridgehead atoms. The van der Waals surface area contributed by atoms with Crippen molar-refractivity contribution in [1.82, 2.24) is 0 Å². The minimum absolute atomic E-state index is 0.0132. The van der Waals surface area contributed by atoms with E-state index in [1.807, 2.05) is 0 Å². The molecule has 0 fully saturated rings. The van der Waals surface area contributed by atoms with Gasteiger partial charge in [-0.15, -0.1) is 22.9 Å². The zero-order chi connectivity index (χ0) is 10.8. The molecule has 1 aromatic heterocycles. The molecule has 1 unspecified atom stereocenters. The first kappa shape index (κ1) is 11.4. The minimum atomic E-state index is -0.0132. The fourth-order valence-electron chi connectivity index (χ4n) is 1.39. The lowest BCUT2D eigenvalue weighted by atomic mass is 10.1. The average molecular weight is 349 g/mol. The van der Waals surface area contributed by atoms with Crippen molar-refractivity contribution in [1.29, 1.82) is 0 Å². The summed E-state index contributed by atoms with van der Waals surface area (Å²) in [7, 11) is 0. The van der Waals surface area contributed by atoms with E-state index in [2.05, 4.69) is 65.9 Å². The quantitative estimate of drug-likeness (QED) is 0.530. The first-order chi connectivity index (χ1) is 7.16. The van der Waals surface area contributed by atoms with Crippen LogP contribution in [0.5, 0.6) is 0 Å². The van der Waals surface area contributed by atoms with Gasteiger partial charge in [-0.25, -0.2) is 0 Å². The van der Waals surface area contributed by atoms with E-state index in [4.69, 9.17) is 11.6 Å². The summed E-state index contributed by atoms with van der Waals surface area (Å²) < 4.78 is 1.24. The predicted molar refractivity (Wildman–Crippen MR) is 75.9 cm³/mol. The third-order valence-corrected chi connectivity index (χ3v) is 4.57. The molecular formula is C12H10ClIS. The van der Waals surface area contributed by atoms with Gasteiger partial charge in [0.1, 0.15) is 0 Å². The van der Waals surface area contributed by atoms with Gasteiger partial charge in [-0.05, 0) is 59.3 Å². The van der Waals surface area contributed by atoms with Crippen LogP contribution in [0.1, 0.15) is 20.7 Å². The van der Waals surface area contributed by atoms with Gasteiger partial charge in [0.2, 0.25) is 0 Å². The molecule has 78 valence electrons. The first-order valence-corrected chi connectivity index (χ1v) is 6.96. The highest BCUT2D eigenvalue weighted by Crippen LogP contribution is 2.33. The van der Waals surface area contributed by atoms with Crippen molar-refractivity contribution >= 4 is 45.5 Å².